The third-order valence-corrected chi connectivity index (χ3v) is 3.69. The van der Waals surface area contributed by atoms with Crippen LogP contribution >= 0.6 is 0 Å². The monoisotopic (exact) mass is 326 g/mol. The van der Waals surface area contributed by atoms with Gasteiger partial charge in [0, 0.05) is 12.7 Å². The maximum absolute atomic E-state index is 12.5. The molecule has 0 unspecified atom stereocenters. The molecule has 24 heavy (non-hydrogen) atoms. The first kappa shape index (κ1) is 15.9. The fraction of sp³-hybridized carbons (Fsp3) is 0.294. The zero-order valence-corrected chi connectivity index (χ0v) is 13.4. The second-order valence-corrected chi connectivity index (χ2v) is 5.31. The van der Waals surface area contributed by atoms with Gasteiger partial charge in [-0.2, -0.15) is 5.10 Å². The van der Waals surface area contributed by atoms with Crippen LogP contribution in [0.3, 0.4) is 0 Å². The summed E-state index contributed by atoms with van der Waals surface area (Å²) in [6.07, 6.45) is 2.75. The molecule has 1 aliphatic heterocycles. The minimum Gasteiger partial charge on any atom is -0.462 e. The van der Waals surface area contributed by atoms with E-state index < -0.39 is 5.97 Å². The number of nitrogens with zero attached hydrogens (tertiary/aromatic N) is 3. The number of aromatic nitrogens is 2. The van der Waals surface area contributed by atoms with Crippen LogP contribution in [-0.2, 0) is 11.3 Å². The second-order valence-electron chi connectivity index (χ2n) is 5.31. The number of hydrogen-bond acceptors (Lipinski definition) is 6. The van der Waals surface area contributed by atoms with Gasteiger partial charge in [0.1, 0.15) is 11.3 Å². The van der Waals surface area contributed by atoms with Crippen LogP contribution in [-0.4, -0.2) is 27.8 Å². The van der Waals surface area contributed by atoms with Gasteiger partial charge in [-0.05, 0) is 31.9 Å². The molecule has 0 saturated carbocycles. The van der Waals surface area contributed by atoms with Crippen LogP contribution in [0.1, 0.15) is 35.9 Å². The molecule has 2 heterocycles. The Balaban J connectivity index is 1.92. The van der Waals surface area contributed by atoms with Crippen LogP contribution in [0.2, 0.25) is 0 Å². The minimum atomic E-state index is -0.642. The van der Waals surface area contributed by atoms with Crippen LogP contribution in [0.15, 0.2) is 46.4 Å². The molecule has 0 saturated heterocycles. The van der Waals surface area contributed by atoms with Gasteiger partial charge in [0.2, 0.25) is 0 Å². The summed E-state index contributed by atoms with van der Waals surface area (Å²) in [5.74, 6) is -0.153. The summed E-state index contributed by atoms with van der Waals surface area (Å²) in [7, 11) is 0. The number of fused-ring (bicyclic) bond motifs is 1. The number of carbonyl (C=O) groups excluding carboxylic acids is 1. The van der Waals surface area contributed by atoms with E-state index >= 15 is 0 Å². The van der Waals surface area contributed by atoms with E-state index in [4.69, 9.17) is 4.74 Å². The summed E-state index contributed by atoms with van der Waals surface area (Å²) in [5, 5.41) is 4.38. The van der Waals surface area contributed by atoms with Crippen LogP contribution in [0.25, 0.3) is 0 Å². The van der Waals surface area contributed by atoms with Crippen LogP contribution < -0.4 is 11.0 Å². The zero-order chi connectivity index (χ0) is 16.9. The van der Waals surface area contributed by atoms with E-state index in [0.717, 1.165) is 12.1 Å². The smallest absolute Gasteiger partial charge is 0.345 e. The van der Waals surface area contributed by atoms with Gasteiger partial charge in [-0.3, -0.25) is 14.8 Å². The predicted molar refractivity (Wildman–Crippen MR) is 90.3 cm³/mol. The van der Waals surface area contributed by atoms with Crippen molar-refractivity contribution >= 4 is 17.4 Å². The van der Waals surface area contributed by atoms with Crippen LogP contribution in [0.4, 0.5) is 5.69 Å². The molecule has 1 N–H and O–H groups in total. The minimum absolute atomic E-state index is 0.0436. The molecule has 0 atom stereocenters. The Bertz CT molecular complexity index is 827. The molecule has 2 aromatic rings. The molecule has 0 fully saturated rings. The van der Waals surface area contributed by atoms with E-state index in [1.807, 2.05) is 30.3 Å². The number of hydrogen-bond donors (Lipinski definition) is 1. The number of carbonyl (C=O) groups is 1. The van der Waals surface area contributed by atoms with E-state index in [1.54, 1.807) is 6.92 Å². The summed E-state index contributed by atoms with van der Waals surface area (Å²) in [5.41, 5.74) is 4.09. The molecule has 1 aliphatic rings. The van der Waals surface area contributed by atoms with Gasteiger partial charge in [-0.25, -0.2) is 9.78 Å². The number of esters is 1. The molecule has 124 valence electrons. The molecule has 1 aromatic carbocycles. The van der Waals surface area contributed by atoms with Crippen molar-refractivity contribution in [1.29, 1.82) is 0 Å². The van der Waals surface area contributed by atoms with Gasteiger partial charge in [-0.15, -0.1) is 0 Å². The van der Waals surface area contributed by atoms with Crippen molar-refractivity contribution in [1.82, 2.24) is 9.55 Å². The van der Waals surface area contributed by atoms with Gasteiger partial charge >= 0.3 is 5.97 Å². The first-order chi connectivity index (χ1) is 11.7. The lowest BCUT2D eigenvalue weighted by atomic mass is 10.1. The largest absolute Gasteiger partial charge is 0.462 e. The first-order valence-electron chi connectivity index (χ1n) is 7.85. The number of nitrogens with one attached hydrogen (secondary N) is 1. The molecule has 1 aromatic heterocycles. The summed E-state index contributed by atoms with van der Waals surface area (Å²) in [4.78, 5) is 28.6. The molecule has 7 nitrogen and oxygen atoms in total. The maximum Gasteiger partial charge on any atom is 0.345 e. The highest BCUT2D eigenvalue weighted by Crippen LogP contribution is 2.13. The first-order valence-corrected chi connectivity index (χ1v) is 7.85. The molecule has 3 rings (SSSR count). The topological polar surface area (TPSA) is 85.6 Å². The quantitative estimate of drug-likeness (QED) is 0.686. The highest BCUT2D eigenvalue weighted by Gasteiger charge is 2.22. The third-order valence-electron chi connectivity index (χ3n) is 3.69. The Labute approximate surface area is 139 Å². The zero-order valence-electron chi connectivity index (χ0n) is 13.4. The lowest BCUT2D eigenvalue weighted by molar-refractivity contribution is 0.0522. The molecule has 0 radical (unpaired) electrons. The third kappa shape index (κ3) is 3.19. The number of anilines is 1. The summed E-state index contributed by atoms with van der Waals surface area (Å²) >= 11 is 0. The Kier molecular flexibility index (Phi) is 4.69. The highest BCUT2D eigenvalue weighted by atomic mass is 16.5. The van der Waals surface area contributed by atoms with Crippen molar-refractivity contribution in [3.8, 4) is 0 Å². The van der Waals surface area contributed by atoms with Gasteiger partial charge < -0.3 is 4.74 Å². The Morgan fingerprint density at radius 1 is 1.38 bits per heavy atom. The van der Waals surface area contributed by atoms with E-state index in [0.29, 0.717) is 24.5 Å². The number of benzene rings is 1. The van der Waals surface area contributed by atoms with Crippen LogP contribution in [0, 0.1) is 0 Å². The standard InChI is InChI=1S/C17H18N4O3/c1-2-24-17(23)13-11-18-15-14(9-6-10-21(15)16(13)22)20-19-12-7-4-3-5-8-12/h3-5,7-8,11,19H,2,6,9-10H2,1H3/b20-14-. The lowest BCUT2D eigenvalue weighted by Crippen LogP contribution is -2.35. The van der Waals surface area contributed by atoms with E-state index in [2.05, 4.69) is 15.5 Å². The van der Waals surface area contributed by atoms with Crippen LogP contribution in [0.5, 0.6) is 0 Å². The molecule has 7 heteroatoms. The predicted octanol–water partition coefficient (Wildman–Crippen LogP) is 2.03. The number of para-hydroxylation sites is 1. The van der Waals surface area contributed by atoms with E-state index in [-0.39, 0.29) is 17.7 Å². The molecular formula is C17H18N4O3. The highest BCUT2D eigenvalue weighted by molar-refractivity contribution is 5.99. The Morgan fingerprint density at radius 2 is 2.17 bits per heavy atom. The van der Waals surface area contributed by atoms with Crippen molar-refractivity contribution in [2.45, 2.75) is 26.3 Å². The Morgan fingerprint density at radius 3 is 2.92 bits per heavy atom. The molecule has 0 amide bonds. The van der Waals surface area contributed by atoms with Crippen molar-refractivity contribution in [3.05, 3.63) is 58.3 Å². The van der Waals surface area contributed by atoms with Crippen molar-refractivity contribution in [2.24, 2.45) is 5.10 Å². The number of rotatable bonds is 4. The molecule has 0 spiro atoms. The van der Waals surface area contributed by atoms with Crippen molar-refractivity contribution < 1.29 is 9.53 Å². The fourth-order valence-electron chi connectivity index (χ4n) is 2.55. The average Bonchev–Trinajstić information content (AvgIpc) is 2.61. The van der Waals surface area contributed by atoms with Gasteiger partial charge in [-0.1, -0.05) is 18.2 Å². The van der Waals surface area contributed by atoms with Gasteiger partial charge in [0.05, 0.1) is 12.3 Å². The summed E-state index contributed by atoms with van der Waals surface area (Å²) < 4.78 is 6.38. The second kappa shape index (κ2) is 7.08. The molecule has 0 bridgehead atoms. The van der Waals surface area contributed by atoms with E-state index in [9.17, 15) is 9.59 Å². The maximum atomic E-state index is 12.5. The summed E-state index contributed by atoms with van der Waals surface area (Å²) in [6.45, 7) is 2.42. The van der Waals surface area contributed by atoms with Crippen molar-refractivity contribution in [3.63, 3.8) is 0 Å². The SMILES string of the molecule is CCOC(=O)c1cnc2n(c1=O)CCC/C2=N/Nc1ccccc1. The normalized spacial score (nSPS) is 15.0. The Hall–Kier alpha value is -2.96. The molecule has 0 aliphatic carbocycles. The number of ether oxygens (including phenoxy) is 1. The average molecular weight is 326 g/mol. The van der Waals surface area contributed by atoms with Gasteiger partial charge in [0.25, 0.3) is 5.56 Å². The van der Waals surface area contributed by atoms with E-state index in [1.165, 1.54) is 10.8 Å². The van der Waals surface area contributed by atoms with Gasteiger partial charge in [0.15, 0.2) is 5.82 Å². The number of hydrazone groups is 1. The van der Waals surface area contributed by atoms with Crippen molar-refractivity contribution in [2.75, 3.05) is 12.0 Å². The lowest BCUT2D eigenvalue weighted by Gasteiger charge is -2.19. The molecular weight excluding hydrogens is 308 g/mol. The summed E-state index contributed by atoms with van der Waals surface area (Å²) in [6, 6.07) is 9.54. The fourth-order valence-corrected chi connectivity index (χ4v) is 2.55.